The number of nitrogens with two attached hydrogens (primary N) is 1. The van der Waals surface area contributed by atoms with Crippen molar-refractivity contribution in [1.29, 1.82) is 5.41 Å². The Hall–Kier alpha value is -3.32. The van der Waals surface area contributed by atoms with Gasteiger partial charge in [-0.05, 0) is 24.3 Å². The fraction of sp³-hybridized carbons (Fsp3) is 0.478. The SMILES string of the molecule is COONc1ccc(-c2nc([NH2+]C3CCN(C(=O)OC)CC3)c(C=N)c(N3CCOCC3)n2)cc1. The van der Waals surface area contributed by atoms with Gasteiger partial charge in [-0.25, -0.2) is 20.1 Å². The molecule has 1 aromatic carbocycles. The van der Waals surface area contributed by atoms with Gasteiger partial charge in [0, 0.05) is 50.8 Å². The predicted octanol–water partition coefficient (Wildman–Crippen LogP) is 1.31. The van der Waals surface area contributed by atoms with E-state index in [0.29, 0.717) is 50.8 Å². The molecule has 2 fully saturated rings. The molecule has 2 aromatic rings. The number of piperidine rings is 1. The highest BCUT2D eigenvalue weighted by molar-refractivity contribution is 5.89. The first-order chi connectivity index (χ1) is 17.1. The maximum Gasteiger partial charge on any atom is 0.409 e. The average molecular weight is 487 g/mol. The minimum atomic E-state index is -0.295. The van der Waals surface area contributed by atoms with Crippen molar-refractivity contribution in [3.63, 3.8) is 0 Å². The van der Waals surface area contributed by atoms with Gasteiger partial charge in [0.15, 0.2) is 5.82 Å². The maximum absolute atomic E-state index is 11.8. The van der Waals surface area contributed by atoms with E-state index in [9.17, 15) is 4.79 Å². The second-order valence-corrected chi connectivity index (χ2v) is 8.30. The standard InChI is InChI=1S/C23H31N7O5/c1-32-23(31)30-9-7-17(8-10-30)25-21-19(15-24)22(29-11-13-34-14-12-29)27-20(26-21)16-3-5-18(6-4-16)28-35-33-2/h3-6,15,17,24,28H,7-14H2,1-2H3,(H,25,26,27)/p+1. The molecule has 4 N–H and O–H groups in total. The van der Waals surface area contributed by atoms with E-state index in [1.807, 2.05) is 24.3 Å². The first kappa shape index (κ1) is 24.8. The van der Waals surface area contributed by atoms with Gasteiger partial charge in [-0.3, -0.25) is 5.32 Å². The van der Waals surface area contributed by atoms with Crippen LogP contribution < -0.4 is 15.7 Å². The second kappa shape index (κ2) is 11.9. The van der Waals surface area contributed by atoms with Crippen molar-refractivity contribution in [3.8, 4) is 11.4 Å². The Morgan fingerprint density at radius 1 is 1.14 bits per heavy atom. The summed E-state index contributed by atoms with van der Waals surface area (Å²) >= 11 is 0. The molecule has 1 aromatic heterocycles. The van der Waals surface area contributed by atoms with Crippen molar-refractivity contribution >= 4 is 29.6 Å². The summed E-state index contributed by atoms with van der Waals surface area (Å²) in [4.78, 5) is 34.8. The summed E-state index contributed by atoms with van der Waals surface area (Å²) in [5.41, 5.74) is 4.94. The lowest BCUT2D eigenvalue weighted by Gasteiger charge is -2.31. The molecule has 1 amide bonds. The summed E-state index contributed by atoms with van der Waals surface area (Å²) in [5, 5.41) is 10.3. The van der Waals surface area contributed by atoms with E-state index in [1.54, 1.807) is 4.90 Å². The van der Waals surface area contributed by atoms with Crippen LogP contribution in [0.4, 0.5) is 22.1 Å². The van der Waals surface area contributed by atoms with Crippen LogP contribution >= 0.6 is 0 Å². The maximum atomic E-state index is 11.8. The number of morpholine rings is 1. The van der Waals surface area contributed by atoms with Gasteiger partial charge in [-0.1, -0.05) is 0 Å². The van der Waals surface area contributed by atoms with Gasteiger partial charge in [0.25, 0.3) is 0 Å². The fourth-order valence-electron chi connectivity index (χ4n) is 4.26. The van der Waals surface area contributed by atoms with Crippen LogP contribution in [0.15, 0.2) is 24.3 Å². The third-order valence-corrected chi connectivity index (χ3v) is 6.16. The van der Waals surface area contributed by atoms with Gasteiger partial charge >= 0.3 is 6.09 Å². The number of quaternary nitrogens is 1. The molecule has 0 unspecified atom stereocenters. The zero-order chi connectivity index (χ0) is 24.6. The molecule has 2 saturated heterocycles. The highest BCUT2D eigenvalue weighted by Crippen LogP contribution is 2.27. The van der Waals surface area contributed by atoms with Gasteiger partial charge in [-0.2, -0.15) is 4.98 Å². The summed E-state index contributed by atoms with van der Waals surface area (Å²) in [6, 6.07) is 7.74. The molecule has 12 nitrogen and oxygen atoms in total. The Morgan fingerprint density at radius 3 is 2.49 bits per heavy atom. The number of carbonyl (C=O) groups is 1. The van der Waals surface area contributed by atoms with E-state index >= 15 is 0 Å². The lowest BCUT2D eigenvalue weighted by Crippen LogP contribution is -2.86. The van der Waals surface area contributed by atoms with Crippen molar-refractivity contribution in [2.24, 2.45) is 0 Å². The van der Waals surface area contributed by atoms with Crippen LogP contribution in [0.5, 0.6) is 0 Å². The molecule has 4 rings (SSSR count). The highest BCUT2D eigenvalue weighted by atomic mass is 17.3. The Bertz CT molecular complexity index is 1010. The topological polar surface area (TPSA) is 139 Å². The lowest BCUT2D eigenvalue weighted by molar-refractivity contribution is -0.617. The Morgan fingerprint density at radius 2 is 1.86 bits per heavy atom. The molecule has 2 aliphatic heterocycles. The molecular formula is C23H32N7O5+. The molecule has 12 heteroatoms. The van der Waals surface area contributed by atoms with Crippen LogP contribution in [-0.2, 0) is 19.3 Å². The summed E-state index contributed by atoms with van der Waals surface area (Å²) < 4.78 is 10.4. The van der Waals surface area contributed by atoms with Crippen molar-refractivity contribution < 1.29 is 29.5 Å². The Labute approximate surface area is 203 Å². The minimum absolute atomic E-state index is 0.229. The fourth-order valence-corrected chi connectivity index (χ4v) is 4.26. The molecule has 35 heavy (non-hydrogen) atoms. The molecule has 2 aliphatic rings. The van der Waals surface area contributed by atoms with E-state index < -0.39 is 0 Å². The number of aromatic nitrogens is 2. The van der Waals surface area contributed by atoms with Gasteiger partial charge < -0.3 is 24.7 Å². The molecule has 0 aliphatic carbocycles. The van der Waals surface area contributed by atoms with Crippen LogP contribution in [0.3, 0.4) is 0 Å². The molecule has 188 valence electrons. The second-order valence-electron chi connectivity index (χ2n) is 8.30. The number of hydrogen-bond donors (Lipinski definition) is 3. The van der Waals surface area contributed by atoms with Crippen LogP contribution in [0, 0.1) is 5.41 Å². The van der Waals surface area contributed by atoms with Crippen molar-refractivity contribution in [3.05, 3.63) is 29.8 Å². The highest BCUT2D eigenvalue weighted by Gasteiger charge is 2.29. The monoisotopic (exact) mass is 486 g/mol. The molecule has 0 spiro atoms. The van der Waals surface area contributed by atoms with Crippen molar-refractivity contribution in [1.82, 2.24) is 14.9 Å². The van der Waals surface area contributed by atoms with E-state index in [0.717, 1.165) is 35.7 Å². The normalized spacial score (nSPS) is 16.7. The number of benzene rings is 1. The number of rotatable bonds is 8. The first-order valence-electron chi connectivity index (χ1n) is 11.6. The number of likely N-dealkylation sites (tertiary alicyclic amines) is 1. The van der Waals surface area contributed by atoms with Crippen molar-refractivity contribution in [2.75, 3.05) is 64.0 Å². The zero-order valence-corrected chi connectivity index (χ0v) is 20.0. The smallest absolute Gasteiger partial charge is 0.409 e. The van der Waals surface area contributed by atoms with Gasteiger partial charge in [-0.15, -0.1) is 4.99 Å². The van der Waals surface area contributed by atoms with E-state index in [2.05, 4.69) is 20.6 Å². The summed E-state index contributed by atoms with van der Waals surface area (Å²) in [5.74, 6) is 2.04. The molecule has 0 radical (unpaired) electrons. The summed E-state index contributed by atoms with van der Waals surface area (Å²) in [6.45, 7) is 3.88. The summed E-state index contributed by atoms with van der Waals surface area (Å²) in [7, 11) is 2.82. The number of nitrogens with zero attached hydrogens (tertiary/aromatic N) is 4. The summed E-state index contributed by atoms with van der Waals surface area (Å²) in [6.07, 6.45) is 2.65. The molecule has 0 bridgehead atoms. The van der Waals surface area contributed by atoms with Gasteiger partial charge in [0.1, 0.15) is 11.4 Å². The van der Waals surface area contributed by atoms with Crippen LogP contribution in [-0.4, -0.2) is 86.8 Å². The number of anilines is 2. The molecule has 0 saturated carbocycles. The number of ether oxygens (including phenoxy) is 2. The van der Waals surface area contributed by atoms with Crippen molar-refractivity contribution in [2.45, 2.75) is 18.9 Å². The predicted molar refractivity (Wildman–Crippen MR) is 129 cm³/mol. The zero-order valence-electron chi connectivity index (χ0n) is 20.0. The number of carbonyl (C=O) groups excluding carboxylic acids is 1. The van der Waals surface area contributed by atoms with Gasteiger partial charge in [0.2, 0.25) is 5.82 Å². The Balaban J connectivity index is 1.62. The number of hydrogen-bond acceptors (Lipinski definition) is 10. The Kier molecular flexibility index (Phi) is 8.42. The van der Waals surface area contributed by atoms with Crippen LogP contribution in [0.25, 0.3) is 11.4 Å². The van der Waals surface area contributed by atoms with Gasteiger partial charge in [0.05, 0.1) is 39.2 Å². The van der Waals surface area contributed by atoms with E-state index in [-0.39, 0.29) is 12.1 Å². The van der Waals surface area contributed by atoms with Crippen LogP contribution in [0.2, 0.25) is 0 Å². The first-order valence-corrected chi connectivity index (χ1v) is 11.6. The quantitative estimate of drug-likeness (QED) is 0.286. The average Bonchev–Trinajstić information content (AvgIpc) is 2.92. The number of nitrogens with one attached hydrogen (secondary N) is 2. The molecule has 3 heterocycles. The molecular weight excluding hydrogens is 454 g/mol. The largest absolute Gasteiger partial charge is 0.453 e. The van der Waals surface area contributed by atoms with E-state index in [4.69, 9.17) is 29.8 Å². The third-order valence-electron chi connectivity index (χ3n) is 6.16. The molecule has 0 atom stereocenters. The minimum Gasteiger partial charge on any atom is -0.453 e. The van der Waals surface area contributed by atoms with E-state index in [1.165, 1.54) is 20.4 Å². The number of amides is 1. The number of methoxy groups -OCH3 is 1. The lowest BCUT2D eigenvalue weighted by atomic mass is 10.0. The van der Waals surface area contributed by atoms with Crippen LogP contribution in [0.1, 0.15) is 18.4 Å². The third kappa shape index (κ3) is 6.03.